The van der Waals surface area contributed by atoms with Gasteiger partial charge in [0, 0.05) is 16.6 Å². The lowest BCUT2D eigenvalue weighted by Crippen LogP contribution is -1.99. The summed E-state index contributed by atoms with van der Waals surface area (Å²) in [6.07, 6.45) is 0. The van der Waals surface area contributed by atoms with Gasteiger partial charge in [0.1, 0.15) is 5.69 Å². The lowest BCUT2D eigenvalue weighted by Gasteiger charge is -2.03. The van der Waals surface area contributed by atoms with Crippen LogP contribution in [-0.2, 0) is 0 Å². The molecule has 0 saturated carbocycles. The highest BCUT2D eigenvalue weighted by atomic mass is 79.9. The van der Waals surface area contributed by atoms with Crippen molar-refractivity contribution in [3.05, 3.63) is 74.5 Å². The molecule has 0 saturated heterocycles. The van der Waals surface area contributed by atoms with E-state index in [1.54, 1.807) is 16.8 Å². The zero-order chi connectivity index (χ0) is 18.0. The largest absolute Gasteiger partial charge is 0.269 e. The first-order chi connectivity index (χ1) is 12.0. The van der Waals surface area contributed by atoms with Crippen LogP contribution >= 0.6 is 15.9 Å². The summed E-state index contributed by atoms with van der Waals surface area (Å²) < 4.78 is 2.68. The van der Waals surface area contributed by atoms with Crippen LogP contribution < -0.4 is 0 Å². The fourth-order valence-corrected chi connectivity index (χ4v) is 2.63. The number of nitro benzene ring substituents is 1. The second-order valence-electron chi connectivity index (χ2n) is 5.38. The molecule has 25 heavy (non-hydrogen) atoms. The molecule has 0 unspecified atom stereocenters. The second-order valence-corrected chi connectivity index (χ2v) is 6.30. The van der Waals surface area contributed by atoms with Crippen molar-refractivity contribution in [1.82, 2.24) is 9.78 Å². The molecule has 0 N–H and O–H groups in total. The van der Waals surface area contributed by atoms with E-state index in [0.29, 0.717) is 5.69 Å². The highest BCUT2D eigenvalue weighted by molar-refractivity contribution is 9.10. The zero-order valence-electron chi connectivity index (χ0n) is 13.5. The van der Waals surface area contributed by atoms with Crippen molar-refractivity contribution in [2.45, 2.75) is 13.8 Å². The number of hydrogen-bond donors (Lipinski definition) is 0. The molecule has 3 aromatic rings. The number of hydrogen-bond acceptors (Lipinski definition) is 5. The average Bonchev–Trinajstić information content (AvgIpc) is 2.89. The number of halogens is 1. The molecule has 0 amide bonds. The lowest BCUT2D eigenvalue weighted by atomic mass is 10.2. The molecule has 1 aromatic heterocycles. The fourth-order valence-electron chi connectivity index (χ4n) is 2.36. The third kappa shape index (κ3) is 3.63. The number of nitro groups is 1. The maximum absolute atomic E-state index is 10.8. The summed E-state index contributed by atoms with van der Waals surface area (Å²) in [6.45, 7) is 3.74. The number of aryl methyl sites for hydroxylation is 1. The van der Waals surface area contributed by atoms with Gasteiger partial charge in [-0.15, -0.1) is 5.11 Å². The average molecular weight is 400 g/mol. The molecular weight excluding hydrogens is 386 g/mol. The Morgan fingerprint density at radius 2 is 1.68 bits per heavy atom. The molecule has 126 valence electrons. The van der Waals surface area contributed by atoms with Crippen molar-refractivity contribution in [2.75, 3.05) is 0 Å². The molecule has 0 aliphatic carbocycles. The first-order valence-electron chi connectivity index (χ1n) is 7.44. The minimum Gasteiger partial charge on any atom is -0.258 e. The topological polar surface area (TPSA) is 85.7 Å². The van der Waals surface area contributed by atoms with Gasteiger partial charge < -0.3 is 0 Å². The van der Waals surface area contributed by atoms with Crippen LogP contribution in [0.2, 0.25) is 0 Å². The van der Waals surface area contributed by atoms with Crippen LogP contribution in [0.4, 0.5) is 17.1 Å². The molecular formula is C17H14BrN5O2. The Balaban J connectivity index is 1.92. The van der Waals surface area contributed by atoms with E-state index in [-0.39, 0.29) is 5.69 Å². The van der Waals surface area contributed by atoms with Crippen molar-refractivity contribution in [1.29, 1.82) is 0 Å². The van der Waals surface area contributed by atoms with Crippen molar-refractivity contribution in [2.24, 2.45) is 10.2 Å². The monoisotopic (exact) mass is 399 g/mol. The smallest absolute Gasteiger partial charge is 0.258 e. The van der Waals surface area contributed by atoms with Crippen molar-refractivity contribution in [3.63, 3.8) is 0 Å². The van der Waals surface area contributed by atoms with Gasteiger partial charge in [0.25, 0.3) is 5.69 Å². The number of aromatic nitrogens is 2. The van der Waals surface area contributed by atoms with Crippen LogP contribution in [0.3, 0.4) is 0 Å². The first-order valence-corrected chi connectivity index (χ1v) is 8.23. The summed E-state index contributed by atoms with van der Waals surface area (Å²) in [5.74, 6) is 0. The van der Waals surface area contributed by atoms with Crippen LogP contribution in [0.15, 0.2) is 63.2 Å². The van der Waals surface area contributed by atoms with Gasteiger partial charge in [0.15, 0.2) is 0 Å². The SMILES string of the molecule is Cc1nn(-c2ccc([N+](=O)[O-])cc2)c(C)c1N=Nc1ccc(Br)cc1. The Kier molecular flexibility index (Phi) is 4.71. The van der Waals surface area contributed by atoms with E-state index in [1.165, 1.54) is 12.1 Å². The van der Waals surface area contributed by atoms with Gasteiger partial charge in [0.2, 0.25) is 0 Å². The van der Waals surface area contributed by atoms with Gasteiger partial charge in [-0.1, -0.05) is 15.9 Å². The van der Waals surface area contributed by atoms with E-state index in [2.05, 4.69) is 31.3 Å². The third-order valence-corrected chi connectivity index (χ3v) is 4.18. The Morgan fingerprint density at radius 1 is 1.04 bits per heavy atom. The van der Waals surface area contributed by atoms with Crippen LogP contribution in [0.1, 0.15) is 11.4 Å². The minimum absolute atomic E-state index is 0.0421. The van der Waals surface area contributed by atoms with E-state index in [9.17, 15) is 10.1 Å². The van der Waals surface area contributed by atoms with Crippen LogP contribution in [-0.4, -0.2) is 14.7 Å². The summed E-state index contributed by atoms with van der Waals surface area (Å²) in [4.78, 5) is 10.3. The maximum atomic E-state index is 10.8. The van der Waals surface area contributed by atoms with Crippen LogP contribution in [0.5, 0.6) is 0 Å². The van der Waals surface area contributed by atoms with E-state index in [0.717, 1.165) is 27.2 Å². The predicted molar refractivity (Wildman–Crippen MR) is 98.0 cm³/mol. The standard InChI is InChI=1S/C17H14BrN5O2/c1-11-17(20-19-14-5-3-13(18)4-6-14)12(2)22(21-11)15-7-9-16(10-8-15)23(24)25/h3-10H,1-2H3. The van der Waals surface area contributed by atoms with Crippen molar-refractivity contribution >= 4 is 33.0 Å². The van der Waals surface area contributed by atoms with E-state index < -0.39 is 4.92 Å². The molecule has 0 radical (unpaired) electrons. The van der Waals surface area contributed by atoms with Gasteiger partial charge in [-0.2, -0.15) is 10.2 Å². The highest BCUT2D eigenvalue weighted by Crippen LogP contribution is 2.28. The van der Waals surface area contributed by atoms with Crippen molar-refractivity contribution in [3.8, 4) is 5.69 Å². The second kappa shape index (κ2) is 6.94. The van der Waals surface area contributed by atoms with Crippen molar-refractivity contribution < 1.29 is 4.92 Å². The maximum Gasteiger partial charge on any atom is 0.269 e. The quantitative estimate of drug-likeness (QED) is 0.326. The number of rotatable bonds is 4. The minimum atomic E-state index is -0.428. The Bertz CT molecular complexity index is 946. The fraction of sp³-hybridized carbons (Fsp3) is 0.118. The molecule has 0 atom stereocenters. The molecule has 0 fully saturated rings. The van der Waals surface area contributed by atoms with Gasteiger partial charge in [-0.3, -0.25) is 10.1 Å². The normalized spacial score (nSPS) is 11.2. The third-order valence-electron chi connectivity index (χ3n) is 3.65. The Hall–Kier alpha value is -2.87. The molecule has 0 aliphatic rings. The number of benzene rings is 2. The van der Waals surface area contributed by atoms with Gasteiger partial charge in [0.05, 0.1) is 27.7 Å². The molecule has 3 rings (SSSR count). The van der Waals surface area contributed by atoms with Gasteiger partial charge in [-0.25, -0.2) is 4.68 Å². The highest BCUT2D eigenvalue weighted by Gasteiger charge is 2.13. The first kappa shape index (κ1) is 17.0. The number of nitrogens with zero attached hydrogens (tertiary/aromatic N) is 5. The molecule has 0 spiro atoms. The molecule has 8 heteroatoms. The Labute approximate surface area is 152 Å². The molecule has 1 heterocycles. The van der Waals surface area contributed by atoms with E-state index in [4.69, 9.17) is 0 Å². The Morgan fingerprint density at radius 3 is 2.28 bits per heavy atom. The molecule has 0 bridgehead atoms. The predicted octanol–water partition coefficient (Wildman–Crippen LogP) is 5.58. The van der Waals surface area contributed by atoms with Gasteiger partial charge >= 0.3 is 0 Å². The summed E-state index contributed by atoms with van der Waals surface area (Å²) in [5.41, 5.74) is 3.74. The molecule has 0 aliphatic heterocycles. The lowest BCUT2D eigenvalue weighted by molar-refractivity contribution is -0.384. The summed E-state index contributed by atoms with van der Waals surface area (Å²) in [7, 11) is 0. The zero-order valence-corrected chi connectivity index (χ0v) is 15.1. The van der Waals surface area contributed by atoms with Gasteiger partial charge in [-0.05, 0) is 50.2 Å². The van der Waals surface area contributed by atoms with E-state index >= 15 is 0 Å². The number of non-ortho nitro benzene ring substituents is 1. The summed E-state index contributed by atoms with van der Waals surface area (Å²) in [6, 6.07) is 13.7. The molecule has 7 nitrogen and oxygen atoms in total. The summed E-state index contributed by atoms with van der Waals surface area (Å²) >= 11 is 3.38. The van der Waals surface area contributed by atoms with Crippen LogP contribution in [0.25, 0.3) is 5.69 Å². The van der Waals surface area contributed by atoms with E-state index in [1.807, 2.05) is 38.1 Å². The number of azo groups is 1. The summed E-state index contributed by atoms with van der Waals surface area (Å²) in [5, 5.41) is 23.8. The van der Waals surface area contributed by atoms with Crippen LogP contribution in [0, 0.1) is 24.0 Å². The molecule has 2 aromatic carbocycles.